The van der Waals surface area contributed by atoms with Gasteiger partial charge in [0.05, 0.1) is 13.0 Å². The Balaban J connectivity index is 1.81. The van der Waals surface area contributed by atoms with Crippen LogP contribution in [-0.2, 0) is 25.5 Å². The average molecular weight is 322 g/mol. The summed E-state index contributed by atoms with van der Waals surface area (Å²) in [6, 6.07) is 6.11. The summed E-state index contributed by atoms with van der Waals surface area (Å²) in [4.78, 5) is 36.5. The maximum atomic E-state index is 12.8. The van der Waals surface area contributed by atoms with Crippen molar-refractivity contribution in [3.8, 4) is 0 Å². The van der Waals surface area contributed by atoms with Gasteiger partial charge in [-0.15, -0.1) is 0 Å². The lowest BCUT2D eigenvalue weighted by atomic mass is 10.1. The minimum atomic E-state index is -0.532. The van der Waals surface area contributed by atoms with E-state index in [-0.39, 0.29) is 30.6 Å². The van der Waals surface area contributed by atoms with Crippen LogP contribution in [0.5, 0.6) is 0 Å². The quantitative estimate of drug-likeness (QED) is 0.774. The molecule has 0 unspecified atom stereocenters. The molecule has 0 aromatic heterocycles. The van der Waals surface area contributed by atoms with Crippen LogP contribution in [0.1, 0.15) is 12.0 Å². The Bertz CT molecular complexity index is 588. The zero-order chi connectivity index (χ0) is 16.8. The van der Waals surface area contributed by atoms with E-state index in [1.54, 1.807) is 17.0 Å². The summed E-state index contributed by atoms with van der Waals surface area (Å²) >= 11 is 0. The number of hydrogen-bond acceptors (Lipinski definition) is 4. The predicted octanol–water partition coefficient (Wildman–Crippen LogP) is 0.506. The normalized spacial score (nSPS) is 17.2. The number of nitrogens with one attached hydrogen (secondary N) is 1. The molecule has 1 aliphatic heterocycles. The third kappa shape index (κ3) is 4.77. The predicted molar refractivity (Wildman–Crippen MR) is 79.8 cm³/mol. The van der Waals surface area contributed by atoms with E-state index in [0.717, 1.165) is 5.56 Å². The molecule has 1 saturated heterocycles. The first-order valence-electron chi connectivity index (χ1n) is 7.36. The van der Waals surface area contributed by atoms with E-state index in [0.29, 0.717) is 19.5 Å². The molecule has 1 aliphatic rings. The van der Waals surface area contributed by atoms with Gasteiger partial charge in [0.1, 0.15) is 12.4 Å². The van der Waals surface area contributed by atoms with Crippen LogP contribution in [-0.4, -0.2) is 49.4 Å². The van der Waals surface area contributed by atoms with E-state index in [1.165, 1.54) is 19.2 Å². The average Bonchev–Trinajstić information content (AvgIpc) is 2.92. The van der Waals surface area contributed by atoms with Crippen molar-refractivity contribution in [1.82, 2.24) is 10.2 Å². The molecular formula is C16H19FN2O4. The first kappa shape index (κ1) is 16.9. The summed E-state index contributed by atoms with van der Waals surface area (Å²) in [5.74, 6) is -1.71. The molecule has 0 radical (unpaired) electrons. The van der Waals surface area contributed by atoms with Gasteiger partial charge in [0.25, 0.3) is 0 Å². The van der Waals surface area contributed by atoms with Gasteiger partial charge >= 0.3 is 5.97 Å². The summed E-state index contributed by atoms with van der Waals surface area (Å²) in [5, 5.41) is 2.46. The number of hydrogen-bond donors (Lipinski definition) is 1. The highest BCUT2D eigenvalue weighted by atomic mass is 19.1. The molecule has 23 heavy (non-hydrogen) atoms. The fourth-order valence-corrected chi connectivity index (χ4v) is 2.45. The lowest BCUT2D eigenvalue weighted by Crippen LogP contribution is -2.36. The Labute approximate surface area is 133 Å². The number of rotatable bonds is 6. The lowest BCUT2D eigenvalue weighted by molar-refractivity contribution is -0.141. The van der Waals surface area contributed by atoms with Gasteiger partial charge in [0.2, 0.25) is 11.8 Å². The monoisotopic (exact) mass is 322 g/mol. The van der Waals surface area contributed by atoms with Gasteiger partial charge in [-0.1, -0.05) is 12.1 Å². The van der Waals surface area contributed by atoms with Crippen molar-refractivity contribution in [2.24, 2.45) is 5.92 Å². The number of ether oxygens (including phenoxy) is 1. The molecule has 2 rings (SSSR count). The van der Waals surface area contributed by atoms with Crippen LogP contribution >= 0.6 is 0 Å². The molecule has 1 N–H and O–H groups in total. The van der Waals surface area contributed by atoms with Gasteiger partial charge in [-0.3, -0.25) is 14.4 Å². The second-order valence-electron chi connectivity index (χ2n) is 5.41. The minimum Gasteiger partial charge on any atom is -0.468 e. The van der Waals surface area contributed by atoms with Crippen LogP contribution in [0.25, 0.3) is 0 Å². The Kier molecular flexibility index (Phi) is 5.67. The molecule has 1 aromatic rings. The smallest absolute Gasteiger partial charge is 0.325 e. The fraction of sp³-hybridized carbons (Fsp3) is 0.438. The molecule has 1 fully saturated rings. The molecule has 2 amide bonds. The van der Waals surface area contributed by atoms with Crippen molar-refractivity contribution < 1.29 is 23.5 Å². The highest BCUT2D eigenvalue weighted by Crippen LogP contribution is 2.18. The second-order valence-corrected chi connectivity index (χ2v) is 5.41. The number of benzene rings is 1. The molecule has 0 aliphatic carbocycles. The fourth-order valence-electron chi connectivity index (χ4n) is 2.45. The van der Waals surface area contributed by atoms with Crippen LogP contribution in [0.4, 0.5) is 4.39 Å². The van der Waals surface area contributed by atoms with Crippen LogP contribution in [0, 0.1) is 11.7 Å². The van der Waals surface area contributed by atoms with E-state index in [1.807, 2.05) is 0 Å². The first-order chi connectivity index (χ1) is 11.0. The topological polar surface area (TPSA) is 75.7 Å². The molecule has 1 aromatic carbocycles. The van der Waals surface area contributed by atoms with Crippen molar-refractivity contribution in [3.63, 3.8) is 0 Å². The Morgan fingerprint density at radius 1 is 1.35 bits per heavy atom. The van der Waals surface area contributed by atoms with E-state index < -0.39 is 11.9 Å². The number of methoxy groups -OCH3 is 1. The molecule has 124 valence electrons. The second kappa shape index (κ2) is 7.71. The highest BCUT2D eigenvalue weighted by Gasteiger charge is 2.34. The van der Waals surface area contributed by atoms with Crippen molar-refractivity contribution in [3.05, 3.63) is 35.6 Å². The number of halogens is 1. The summed E-state index contributed by atoms with van der Waals surface area (Å²) in [7, 11) is 1.24. The number of carbonyl (C=O) groups excluding carboxylic acids is 3. The molecule has 6 nitrogen and oxygen atoms in total. The number of nitrogens with zero attached hydrogens (tertiary/aromatic N) is 1. The van der Waals surface area contributed by atoms with Gasteiger partial charge in [-0.25, -0.2) is 4.39 Å². The largest absolute Gasteiger partial charge is 0.468 e. The SMILES string of the molecule is COC(=O)CNC(=O)[C@H]1CC(=O)N(CCc2ccc(F)cc2)C1. The summed E-state index contributed by atoms with van der Waals surface area (Å²) in [5.41, 5.74) is 0.929. The summed E-state index contributed by atoms with van der Waals surface area (Å²) in [6.45, 7) is 0.605. The van der Waals surface area contributed by atoms with E-state index >= 15 is 0 Å². The molecular weight excluding hydrogens is 303 g/mol. The number of esters is 1. The van der Waals surface area contributed by atoms with E-state index in [4.69, 9.17) is 0 Å². The van der Waals surface area contributed by atoms with E-state index in [9.17, 15) is 18.8 Å². The standard InChI is InChI=1S/C16H19FN2O4/c1-23-15(21)9-18-16(22)12-8-14(20)19(10-12)7-6-11-2-4-13(17)5-3-11/h2-5,12H,6-10H2,1H3,(H,18,22)/t12-/m0/s1. The van der Waals surface area contributed by atoms with Crippen molar-refractivity contribution >= 4 is 17.8 Å². The Morgan fingerprint density at radius 3 is 2.70 bits per heavy atom. The van der Waals surface area contributed by atoms with Gasteiger partial charge in [0.15, 0.2) is 0 Å². The third-order valence-corrected chi connectivity index (χ3v) is 3.80. The van der Waals surface area contributed by atoms with Crippen LogP contribution < -0.4 is 5.32 Å². The number of likely N-dealkylation sites (tertiary alicyclic amines) is 1. The molecule has 0 spiro atoms. The van der Waals surface area contributed by atoms with Crippen LogP contribution in [0.2, 0.25) is 0 Å². The molecule has 0 saturated carbocycles. The zero-order valence-corrected chi connectivity index (χ0v) is 12.9. The van der Waals surface area contributed by atoms with Gasteiger partial charge in [0, 0.05) is 19.5 Å². The maximum absolute atomic E-state index is 12.8. The van der Waals surface area contributed by atoms with Gasteiger partial charge < -0.3 is 15.0 Å². The van der Waals surface area contributed by atoms with Crippen LogP contribution in [0.3, 0.4) is 0 Å². The Morgan fingerprint density at radius 2 is 2.04 bits per heavy atom. The summed E-state index contributed by atoms with van der Waals surface area (Å²) < 4.78 is 17.3. The maximum Gasteiger partial charge on any atom is 0.325 e. The summed E-state index contributed by atoms with van der Waals surface area (Å²) in [6.07, 6.45) is 0.735. The van der Waals surface area contributed by atoms with E-state index in [2.05, 4.69) is 10.1 Å². The molecule has 0 bridgehead atoms. The van der Waals surface area contributed by atoms with Gasteiger partial charge in [-0.2, -0.15) is 0 Å². The first-order valence-corrected chi connectivity index (χ1v) is 7.36. The lowest BCUT2D eigenvalue weighted by Gasteiger charge is -2.16. The Hall–Kier alpha value is -2.44. The third-order valence-electron chi connectivity index (χ3n) is 3.80. The number of amides is 2. The zero-order valence-electron chi connectivity index (χ0n) is 12.9. The van der Waals surface area contributed by atoms with Gasteiger partial charge in [-0.05, 0) is 24.1 Å². The molecule has 1 heterocycles. The molecule has 7 heteroatoms. The van der Waals surface area contributed by atoms with Crippen LogP contribution in [0.15, 0.2) is 24.3 Å². The highest BCUT2D eigenvalue weighted by molar-refractivity contribution is 5.90. The van der Waals surface area contributed by atoms with Crippen molar-refractivity contribution in [2.45, 2.75) is 12.8 Å². The van der Waals surface area contributed by atoms with Crippen molar-refractivity contribution in [1.29, 1.82) is 0 Å². The van der Waals surface area contributed by atoms with Crippen molar-refractivity contribution in [2.75, 3.05) is 26.7 Å². The number of carbonyl (C=O) groups is 3. The minimum absolute atomic E-state index is 0.0923. The molecule has 1 atom stereocenters.